The lowest BCUT2D eigenvalue weighted by molar-refractivity contribution is -0.161. The van der Waals surface area contributed by atoms with Crippen molar-refractivity contribution in [2.45, 2.75) is 341 Å². The van der Waals surface area contributed by atoms with Crippen molar-refractivity contribution >= 4 is 39.5 Å². The third-order valence-electron chi connectivity index (χ3n) is 16.2. The van der Waals surface area contributed by atoms with Crippen molar-refractivity contribution in [3.05, 3.63) is 109 Å². The van der Waals surface area contributed by atoms with Crippen LogP contribution in [0.2, 0.25) is 0 Å². The van der Waals surface area contributed by atoms with Crippen molar-refractivity contribution in [2.24, 2.45) is 0 Å². The fourth-order valence-electron chi connectivity index (χ4n) is 10.3. The summed E-state index contributed by atoms with van der Waals surface area (Å²) in [6.07, 6.45) is 77.8. The molecule has 5 atom stereocenters. The second kappa shape index (κ2) is 73.0. The quantitative estimate of drug-likeness (QED) is 0.0169. The number of aliphatic hydroxyl groups excluding tert-OH is 1. The minimum atomic E-state index is -4.98. The fourth-order valence-corrected chi connectivity index (χ4v) is 11.9. The highest BCUT2D eigenvalue weighted by Gasteiger charge is 2.30. The van der Waals surface area contributed by atoms with Crippen LogP contribution >= 0.6 is 15.6 Å². The maximum atomic E-state index is 13.1. The molecule has 0 spiro atoms. The van der Waals surface area contributed by atoms with Gasteiger partial charge in [0.2, 0.25) is 0 Å². The molecule has 0 heterocycles. The number of rotatable bonds is 73. The first-order valence-electron chi connectivity index (χ1n) is 39.1. The fraction of sp³-hybridized carbons (Fsp3) is 0.728. The van der Waals surface area contributed by atoms with Gasteiger partial charge in [0.15, 0.2) is 12.2 Å². The predicted molar refractivity (Wildman–Crippen MR) is 408 cm³/mol. The van der Waals surface area contributed by atoms with Crippen molar-refractivity contribution in [2.75, 3.05) is 39.6 Å². The van der Waals surface area contributed by atoms with E-state index in [-0.39, 0.29) is 25.7 Å². The highest BCUT2D eigenvalue weighted by atomic mass is 31.2. The average Bonchev–Trinajstić information content (AvgIpc) is 0.946. The van der Waals surface area contributed by atoms with Crippen molar-refractivity contribution in [3.8, 4) is 0 Å². The molecule has 0 fully saturated rings. The van der Waals surface area contributed by atoms with E-state index in [9.17, 15) is 43.2 Å². The van der Waals surface area contributed by atoms with Crippen LogP contribution in [0.25, 0.3) is 0 Å². The van der Waals surface area contributed by atoms with E-state index in [1.807, 2.05) is 0 Å². The Morgan fingerprint density at radius 1 is 0.290 bits per heavy atom. The normalized spacial score (nSPS) is 14.5. The monoisotopic (exact) mass is 1450 g/mol. The van der Waals surface area contributed by atoms with E-state index in [1.54, 1.807) is 0 Å². The Morgan fingerprint density at radius 3 is 0.840 bits per heavy atom. The van der Waals surface area contributed by atoms with Crippen molar-refractivity contribution in [3.63, 3.8) is 0 Å². The molecule has 0 aliphatic heterocycles. The van der Waals surface area contributed by atoms with E-state index in [0.717, 1.165) is 193 Å². The van der Waals surface area contributed by atoms with Crippen LogP contribution in [0.3, 0.4) is 0 Å². The number of ether oxygens (including phenoxy) is 4. The number of allylic oxidation sites excluding steroid dienone is 18. The summed E-state index contributed by atoms with van der Waals surface area (Å²) in [7, 11) is -9.96. The van der Waals surface area contributed by atoms with E-state index < -0.39 is 97.5 Å². The molecule has 0 radical (unpaired) electrons. The Hall–Kier alpha value is -4.28. The van der Waals surface area contributed by atoms with Gasteiger partial charge in [-0.15, -0.1) is 0 Å². The second-order valence-electron chi connectivity index (χ2n) is 25.9. The van der Waals surface area contributed by atoms with Gasteiger partial charge in [0.25, 0.3) is 0 Å². The molecule has 19 heteroatoms. The third-order valence-corrected chi connectivity index (χ3v) is 18.1. The average molecular weight is 1450 g/mol. The molecule has 0 bridgehead atoms. The zero-order valence-electron chi connectivity index (χ0n) is 62.8. The van der Waals surface area contributed by atoms with Gasteiger partial charge in [-0.05, 0) is 122 Å². The number of phosphoric acid groups is 2. The van der Waals surface area contributed by atoms with E-state index in [2.05, 4.69) is 137 Å². The van der Waals surface area contributed by atoms with Crippen LogP contribution < -0.4 is 0 Å². The van der Waals surface area contributed by atoms with E-state index >= 15 is 0 Å². The molecule has 3 N–H and O–H groups in total. The summed E-state index contributed by atoms with van der Waals surface area (Å²) >= 11 is 0. The molecular weight excluding hydrogens is 1310 g/mol. The van der Waals surface area contributed by atoms with Crippen LogP contribution in [0.1, 0.15) is 323 Å². The van der Waals surface area contributed by atoms with Crippen LogP contribution in [-0.4, -0.2) is 96.7 Å². The molecule has 17 nitrogen and oxygen atoms in total. The third kappa shape index (κ3) is 72.1. The number of aliphatic hydroxyl groups is 1. The largest absolute Gasteiger partial charge is 0.472 e. The zero-order chi connectivity index (χ0) is 73.2. The Morgan fingerprint density at radius 2 is 0.540 bits per heavy atom. The maximum absolute atomic E-state index is 13.1. The predicted octanol–water partition coefficient (Wildman–Crippen LogP) is 22.6. The molecule has 0 amide bonds. The van der Waals surface area contributed by atoms with Crippen LogP contribution in [-0.2, 0) is 65.4 Å². The van der Waals surface area contributed by atoms with Crippen molar-refractivity contribution in [1.29, 1.82) is 0 Å². The lowest BCUT2D eigenvalue weighted by Gasteiger charge is -2.21. The van der Waals surface area contributed by atoms with Gasteiger partial charge in [-0.3, -0.25) is 37.3 Å². The highest BCUT2D eigenvalue weighted by molar-refractivity contribution is 7.47. The number of unbranched alkanes of at least 4 members (excludes halogenated alkanes) is 29. The van der Waals surface area contributed by atoms with Crippen LogP contribution in [0.5, 0.6) is 0 Å². The molecule has 0 aliphatic rings. The summed E-state index contributed by atoms with van der Waals surface area (Å²) in [4.78, 5) is 72.9. The Labute approximate surface area is 607 Å². The molecule has 0 saturated heterocycles. The summed E-state index contributed by atoms with van der Waals surface area (Å²) < 4.78 is 68.5. The molecule has 0 aromatic carbocycles. The minimum absolute atomic E-state index is 0.0708. The van der Waals surface area contributed by atoms with Gasteiger partial charge in [-0.25, -0.2) is 9.13 Å². The van der Waals surface area contributed by atoms with Crippen LogP contribution in [0.4, 0.5) is 0 Å². The highest BCUT2D eigenvalue weighted by Crippen LogP contribution is 2.45. The number of hydrogen-bond donors (Lipinski definition) is 3. The number of phosphoric ester groups is 2. The van der Waals surface area contributed by atoms with Gasteiger partial charge >= 0.3 is 39.5 Å². The van der Waals surface area contributed by atoms with E-state index in [4.69, 9.17) is 37.0 Å². The second-order valence-corrected chi connectivity index (χ2v) is 28.8. The zero-order valence-corrected chi connectivity index (χ0v) is 64.6. The molecule has 100 heavy (non-hydrogen) atoms. The molecular formula is C81H140O17P2. The molecule has 0 aromatic rings. The SMILES string of the molecule is CC/C=C\C/C=C\C/C=C\C/C=C\CCCCCCCCC(=O)OCC(COP(=O)(O)OCC(O)COP(=O)(O)OCC(COC(=O)CCCCCCC/C=C\C/C=C\CCC)OC(=O)CCCCCCCCCCCCCCC)OC(=O)CCCCCCC/C=C\C/C=C\C/C=C\CC. The van der Waals surface area contributed by atoms with Crippen molar-refractivity contribution < 1.29 is 80.2 Å². The lowest BCUT2D eigenvalue weighted by Crippen LogP contribution is -2.30. The van der Waals surface area contributed by atoms with Gasteiger partial charge in [0.05, 0.1) is 26.4 Å². The summed E-state index contributed by atoms with van der Waals surface area (Å²) in [5, 5.41) is 10.6. The van der Waals surface area contributed by atoms with Gasteiger partial charge in [-0.1, -0.05) is 285 Å². The molecule has 576 valence electrons. The minimum Gasteiger partial charge on any atom is -0.462 e. The summed E-state index contributed by atoms with van der Waals surface area (Å²) in [5.41, 5.74) is 0. The number of hydrogen-bond acceptors (Lipinski definition) is 15. The summed E-state index contributed by atoms with van der Waals surface area (Å²) in [6, 6.07) is 0. The Kier molecular flexibility index (Phi) is 69.9. The maximum Gasteiger partial charge on any atom is 0.472 e. The van der Waals surface area contributed by atoms with Crippen molar-refractivity contribution in [1.82, 2.24) is 0 Å². The van der Waals surface area contributed by atoms with Gasteiger partial charge in [0.1, 0.15) is 19.3 Å². The number of carbonyl (C=O) groups is 4. The standard InChI is InChI=1S/C81H140O17P2/c1-5-9-13-17-21-25-29-33-35-36-37-38-40-43-46-50-54-58-62-66-79(84)92-72-77(98-81(86)68-64-60-56-52-48-44-39-34-30-26-22-18-14-10-6-2)74-96-100(89,90)94-70-75(82)69-93-99(87,88)95-73-76(97-80(85)67-63-59-55-51-47-42-32-28-24-20-16-12-8-4)71-91-78(83)65-61-57-53-49-45-41-31-27-23-19-15-11-7-3/h9-10,13-15,19,21-22,25-27,31,33-35,37-39,75-77,82H,5-8,11-12,16-18,20,23-24,28-30,32,36,40-74H2,1-4H3,(H,87,88)(H,89,90)/b13-9-,14-10-,19-15-,25-21-,26-22-,31-27-,35-33-,38-37-,39-34-. The van der Waals surface area contributed by atoms with Gasteiger partial charge in [-0.2, -0.15) is 0 Å². The first-order chi connectivity index (χ1) is 48.7. The Balaban J connectivity index is 5.36. The number of esters is 4. The molecule has 0 rings (SSSR count). The van der Waals surface area contributed by atoms with E-state index in [0.29, 0.717) is 25.7 Å². The van der Waals surface area contributed by atoms with Crippen LogP contribution in [0, 0.1) is 0 Å². The van der Waals surface area contributed by atoms with E-state index in [1.165, 1.54) is 51.4 Å². The summed E-state index contributed by atoms with van der Waals surface area (Å²) in [6.45, 7) is 4.56. The molecule has 0 aliphatic carbocycles. The number of carbonyl (C=O) groups excluding carboxylic acids is 4. The topological polar surface area (TPSA) is 237 Å². The van der Waals surface area contributed by atoms with Gasteiger partial charge < -0.3 is 33.8 Å². The molecule has 5 unspecified atom stereocenters. The summed E-state index contributed by atoms with van der Waals surface area (Å²) in [5.74, 6) is -2.21. The lowest BCUT2D eigenvalue weighted by atomic mass is 10.0. The first-order valence-corrected chi connectivity index (χ1v) is 42.1. The van der Waals surface area contributed by atoms with Crippen LogP contribution in [0.15, 0.2) is 109 Å². The molecule has 0 saturated carbocycles. The smallest absolute Gasteiger partial charge is 0.462 e. The molecule has 0 aromatic heterocycles. The first kappa shape index (κ1) is 95.7. The Bertz CT molecular complexity index is 2320. The van der Waals surface area contributed by atoms with Gasteiger partial charge in [0, 0.05) is 25.7 Å².